The molecule has 111 heavy (non-hydrogen) atoms. The Labute approximate surface area is 611 Å². The van der Waals surface area contributed by atoms with E-state index in [2.05, 4.69) is 64.8 Å². The Morgan fingerprint density at radius 2 is 0.748 bits per heavy atom. The van der Waals surface area contributed by atoms with Crippen LogP contribution in [0, 0.1) is 0 Å². The van der Waals surface area contributed by atoms with Gasteiger partial charge in [0.1, 0.15) is 116 Å². The number of anilines is 5. The van der Waals surface area contributed by atoms with Crippen LogP contribution in [0.4, 0.5) is 29.5 Å². The number of phosphoric ester groups is 4. The highest BCUT2D eigenvalue weighted by Gasteiger charge is 2.57. The fraction of sp³-hybridized carbons (Fsp3) is 0.510. The summed E-state index contributed by atoms with van der Waals surface area (Å²) < 4.78 is 150. The Bertz CT molecular complexity index is 5520. The van der Waals surface area contributed by atoms with Gasteiger partial charge >= 0.3 is 45.2 Å². The molecular formula is C49H61N23O34P5+. The summed E-state index contributed by atoms with van der Waals surface area (Å²) in [5, 5.41) is 69.3. The van der Waals surface area contributed by atoms with Crippen LogP contribution in [0.1, 0.15) is 31.1 Å². The molecule has 14 heterocycles. The van der Waals surface area contributed by atoms with Crippen LogP contribution in [0.25, 0.3) is 44.7 Å². The minimum absolute atomic E-state index is 0.0537. The molecule has 9 aromatic heterocycles. The van der Waals surface area contributed by atoms with E-state index in [1.807, 2.05) is 0 Å². The van der Waals surface area contributed by atoms with Gasteiger partial charge in [0, 0.05) is 10.8 Å². The van der Waals surface area contributed by atoms with E-state index in [0.29, 0.717) is 4.57 Å². The van der Waals surface area contributed by atoms with Gasteiger partial charge in [-0.05, 0) is 6.07 Å². The molecule has 0 aliphatic carbocycles. The van der Waals surface area contributed by atoms with Crippen molar-refractivity contribution in [1.82, 2.24) is 87.6 Å². The average molecular weight is 1670 g/mol. The monoisotopic (exact) mass is 1670 g/mol. The molecule has 62 heteroatoms. The van der Waals surface area contributed by atoms with E-state index in [9.17, 15) is 97.1 Å². The summed E-state index contributed by atoms with van der Waals surface area (Å²) in [5.41, 5.74) is 23.1. The summed E-state index contributed by atoms with van der Waals surface area (Å²) in [7, 11) is -26.6. The predicted octanol–water partition coefficient (Wildman–Crippen LogP) is -7.28. The number of phosphoric acid groups is 4. The van der Waals surface area contributed by atoms with Crippen molar-refractivity contribution in [3.05, 3.63) is 85.4 Å². The normalized spacial score (nSPS) is 31.4. The van der Waals surface area contributed by atoms with Crippen molar-refractivity contribution >= 4 is 114 Å². The number of aliphatic hydroxyl groups is 6. The van der Waals surface area contributed by atoms with Crippen LogP contribution in [0.2, 0.25) is 0 Å². The van der Waals surface area contributed by atoms with E-state index in [1.54, 1.807) is 0 Å². The number of nitrogens with two attached hydrogens (primary N) is 5. The summed E-state index contributed by atoms with van der Waals surface area (Å²) in [6, 6.07) is 1.04. The minimum atomic E-state index is -5.94. The molecule has 5 fully saturated rings. The molecule has 0 radical (unpaired) electrons. The lowest BCUT2D eigenvalue weighted by molar-refractivity contribution is -0.0650. The minimum Gasteiger partial charge on any atom is -0.387 e. The van der Waals surface area contributed by atoms with Gasteiger partial charge in [-0.25, -0.2) is 53.0 Å². The van der Waals surface area contributed by atoms with Crippen LogP contribution in [0.3, 0.4) is 0 Å². The van der Waals surface area contributed by atoms with Gasteiger partial charge < -0.3 is 103 Å². The van der Waals surface area contributed by atoms with E-state index < -0.39 is 241 Å². The van der Waals surface area contributed by atoms with Gasteiger partial charge in [-0.15, -0.1) is 9.42 Å². The van der Waals surface area contributed by atoms with Crippen molar-refractivity contribution in [2.45, 2.75) is 123 Å². The first-order chi connectivity index (χ1) is 52.4. The van der Waals surface area contributed by atoms with Crippen molar-refractivity contribution in [2.24, 2.45) is 0 Å². The van der Waals surface area contributed by atoms with E-state index >= 15 is 0 Å². The van der Waals surface area contributed by atoms with Gasteiger partial charge in [0.15, 0.2) is 76.1 Å². The third kappa shape index (κ3) is 15.9. The molecule has 600 valence electrons. The van der Waals surface area contributed by atoms with Crippen LogP contribution in [-0.4, -0.2) is 267 Å². The second kappa shape index (κ2) is 30.4. The quantitative estimate of drug-likeness (QED) is 0.0203. The number of ether oxygens (including phenoxy) is 5. The predicted molar refractivity (Wildman–Crippen MR) is 354 cm³/mol. The molecule has 25 atom stereocenters. The molecule has 57 nitrogen and oxygen atoms in total. The number of rotatable bonds is 28. The Morgan fingerprint density at radius 3 is 1.12 bits per heavy atom. The number of H-pyrrole nitrogens is 3. The number of aromatic nitrogens is 18. The van der Waals surface area contributed by atoms with Gasteiger partial charge in [0.25, 0.3) is 16.7 Å². The largest absolute Gasteiger partial charge is 0.694 e. The third-order valence-electron chi connectivity index (χ3n) is 17.5. The fourth-order valence-corrected chi connectivity index (χ4v) is 16.7. The molecule has 5 aliphatic heterocycles. The van der Waals surface area contributed by atoms with Crippen molar-refractivity contribution in [3.63, 3.8) is 0 Å². The summed E-state index contributed by atoms with van der Waals surface area (Å²) in [5.74, 6) is -1.81. The Kier molecular flexibility index (Phi) is 21.7. The molecular weight excluding hydrogens is 1610 g/mol. The first-order valence-corrected chi connectivity index (χ1v) is 38.8. The number of fused-ring (bicyclic) bond motifs is 4. The second-order valence-corrected chi connectivity index (χ2v) is 30.9. The highest BCUT2D eigenvalue weighted by Crippen LogP contribution is 2.56. The van der Waals surface area contributed by atoms with Crippen molar-refractivity contribution in [2.75, 3.05) is 61.7 Å². The number of nitrogen functional groups attached to an aromatic ring is 5. The zero-order chi connectivity index (χ0) is 79.4. The number of aromatic amines is 3. The fourth-order valence-electron chi connectivity index (χ4n) is 12.6. The molecule has 24 N–H and O–H groups in total. The summed E-state index contributed by atoms with van der Waals surface area (Å²) in [4.78, 5) is 152. The van der Waals surface area contributed by atoms with Gasteiger partial charge in [0.2, 0.25) is 17.8 Å². The second-order valence-electron chi connectivity index (χ2n) is 24.6. The van der Waals surface area contributed by atoms with Gasteiger partial charge in [-0.3, -0.25) is 88.4 Å². The maximum Gasteiger partial charge on any atom is 0.694 e. The number of nitrogens with zero attached hydrogens (tertiary/aromatic N) is 15. The SMILES string of the molecule is Nc1ccn([C@@H]2O[C@H](COP(=O)(O)O[C@H]3[C@@H](O)[C@H](n4cnc5c(=O)[nH]c(N)nc54)O[C@@H]3COP(=O)(O)O[C@H]3[C@@H](O)[C@H](n4cnc5c(=O)[nH]c(N)nc54)O[C@@H]3CO[P+](=O)O)[C@@H](OP(=O)(O)OC[C@H]3O[C@@H](n4cnc5c(N)ncnc54)[C@H](O)[C@@H]3OP(=O)(O)OC[C@H]3O[C@@H](n4cnc5c(=O)[nH]c(N)nc54)[C@H](O)[C@@H]3O)[C@H]2O)c(=O)n1. The van der Waals surface area contributed by atoms with Crippen LogP contribution in [0.15, 0.2) is 63.1 Å². The van der Waals surface area contributed by atoms with Crippen molar-refractivity contribution in [3.8, 4) is 0 Å². The highest BCUT2D eigenvalue weighted by atomic mass is 31.2. The van der Waals surface area contributed by atoms with Crippen molar-refractivity contribution in [1.29, 1.82) is 0 Å². The summed E-state index contributed by atoms with van der Waals surface area (Å²) in [6.07, 6.45) is -34.5. The number of nitrogens with one attached hydrogen (secondary N) is 3. The zero-order valence-electron chi connectivity index (χ0n) is 55.3. The number of aliphatic hydroxyl groups excluding tert-OH is 6. The summed E-state index contributed by atoms with van der Waals surface area (Å²) >= 11 is 0. The first kappa shape index (κ1) is 79.2. The lowest BCUT2D eigenvalue weighted by atomic mass is 10.1. The van der Waals surface area contributed by atoms with Gasteiger partial charge in [-0.1, -0.05) is 0 Å². The zero-order valence-corrected chi connectivity index (χ0v) is 59.7. The number of hydrogen-bond acceptors (Lipinski definition) is 44. The molecule has 0 saturated carbocycles. The molecule has 0 amide bonds. The van der Waals surface area contributed by atoms with E-state index in [4.69, 9.17) is 93.1 Å². The lowest BCUT2D eigenvalue weighted by Gasteiger charge is -2.27. The topological polar surface area (TPSA) is 836 Å². The molecule has 9 aromatic rings. The third-order valence-corrected chi connectivity index (χ3v) is 21.8. The number of imidazole rings is 4. The van der Waals surface area contributed by atoms with Crippen LogP contribution < -0.4 is 51.0 Å². The molecule has 14 rings (SSSR count). The van der Waals surface area contributed by atoms with Gasteiger partial charge in [-0.2, -0.15) is 19.9 Å². The standard InChI is InChI=1S/C49H60N23O34P5/c50-18-1-2-68(49(82)61-18)42-25(75)30(104-110(89,90)97-6-16-31(27(77)43(101-16)69-9-57-19-33(51)55-8-56-34(19)69)105-108(85,86)94-4-13-23(73)24(74)41(98-13)70-10-58-20-35(70)62-46(52)65-38(20)79)15(100-42)5-95-111(91,92)106-32-17(102-45(28(32)78)72-12-60-22-37(72)64-48(54)67-40(22)81)7-96-109(87,88)103-29-14(3-93-107(83)84)99-44(26(29)76)71-11-59-21-36(71)63-47(53)66-39(21)80/h1-2,8-17,23-32,41-45,73-78H,3-7H2,(H17-,50,51,52,53,54,55,56,61,62,63,64,65,66,67,79,80,81,82,83,84,85,86,87,88,89,90,91,92)/p+1/t13-,14-,15-,16-,17-,23-,24-,25-,26-,27-,28-,29-,30-,31-,32-,41-,42-,43-,44-,45-/m1/s1. The van der Waals surface area contributed by atoms with Crippen LogP contribution in [-0.2, 0) is 87.2 Å². The van der Waals surface area contributed by atoms with Gasteiger partial charge in [0.05, 0.1) is 51.7 Å². The van der Waals surface area contributed by atoms with Crippen LogP contribution in [0.5, 0.6) is 0 Å². The molecule has 0 spiro atoms. The average Bonchev–Trinajstić information content (AvgIpc) is 1.64. The first-order valence-electron chi connectivity index (χ1n) is 31.7. The maximum absolute atomic E-state index is 14.4. The molecule has 5 unspecified atom stereocenters. The summed E-state index contributed by atoms with van der Waals surface area (Å²) in [6.45, 7) is -6.10. The Balaban J connectivity index is 0.692. The lowest BCUT2D eigenvalue weighted by Crippen LogP contribution is -2.39. The maximum atomic E-state index is 14.4. The molecule has 5 aliphatic rings. The molecule has 0 bridgehead atoms. The van der Waals surface area contributed by atoms with Crippen LogP contribution >= 0.6 is 39.5 Å². The smallest absolute Gasteiger partial charge is 0.387 e. The molecule has 5 saturated heterocycles. The van der Waals surface area contributed by atoms with E-state index in [1.165, 1.54) is 0 Å². The molecule has 0 aromatic carbocycles. The number of hydrogen-bond donors (Lipinski definition) is 19. The Hall–Kier alpha value is -8.50. The van der Waals surface area contributed by atoms with Crippen molar-refractivity contribution < 1.29 is 142 Å². The van der Waals surface area contributed by atoms with E-state index in [-0.39, 0.29) is 51.1 Å². The van der Waals surface area contributed by atoms with E-state index in [0.717, 1.165) is 62.2 Å². The highest BCUT2D eigenvalue weighted by molar-refractivity contribution is 7.48. The Morgan fingerprint density at radius 1 is 0.423 bits per heavy atom.